The first-order valence-corrected chi connectivity index (χ1v) is 5.63. The van der Waals surface area contributed by atoms with E-state index in [0.717, 1.165) is 22.4 Å². The predicted octanol–water partition coefficient (Wildman–Crippen LogP) is 1.90. The fourth-order valence-corrected chi connectivity index (χ4v) is 2.25. The number of benzene rings is 1. The number of nitrogens with one attached hydrogen (secondary N) is 1. The molecule has 1 amide bonds. The van der Waals surface area contributed by atoms with Gasteiger partial charge in [-0.05, 0) is 38.0 Å². The summed E-state index contributed by atoms with van der Waals surface area (Å²) in [6.45, 7) is 5.87. The first kappa shape index (κ1) is 11.6. The van der Waals surface area contributed by atoms with Crippen LogP contribution in [0.5, 0.6) is 0 Å². The molecule has 1 aromatic rings. The van der Waals surface area contributed by atoms with Crippen molar-refractivity contribution in [2.75, 3.05) is 11.9 Å². The molecular formula is C13H15NO3. The van der Waals surface area contributed by atoms with Crippen LogP contribution in [0.4, 0.5) is 5.69 Å². The minimum absolute atomic E-state index is 0.281. The van der Waals surface area contributed by atoms with Gasteiger partial charge in [0.25, 0.3) is 0 Å². The lowest BCUT2D eigenvalue weighted by Crippen LogP contribution is -2.23. The smallest absolute Gasteiger partial charge is 0.323 e. The molecule has 0 saturated carbocycles. The van der Waals surface area contributed by atoms with Crippen molar-refractivity contribution < 1.29 is 14.3 Å². The number of ether oxygens (including phenoxy) is 1. The summed E-state index contributed by atoms with van der Waals surface area (Å²) in [5.74, 6) is -1.59. The second-order valence-electron chi connectivity index (χ2n) is 4.22. The SMILES string of the molecule is CCOC(=O)C1C(=O)Nc2cc(C)cc(C)c21. The van der Waals surface area contributed by atoms with Crippen molar-refractivity contribution in [2.24, 2.45) is 0 Å². The van der Waals surface area contributed by atoms with E-state index in [1.165, 1.54) is 0 Å². The standard InChI is InChI=1S/C13H15NO3/c1-4-17-13(16)11-10-8(3)5-7(2)6-9(10)14-12(11)15/h5-6,11H,4H2,1-3H3,(H,14,15). The van der Waals surface area contributed by atoms with Crippen molar-refractivity contribution in [2.45, 2.75) is 26.7 Å². The highest BCUT2D eigenvalue weighted by Crippen LogP contribution is 2.36. The molecule has 1 aliphatic heterocycles. The van der Waals surface area contributed by atoms with E-state index in [0.29, 0.717) is 0 Å². The molecule has 1 N–H and O–H groups in total. The van der Waals surface area contributed by atoms with Crippen LogP contribution in [-0.4, -0.2) is 18.5 Å². The molecule has 0 spiro atoms. The number of rotatable bonds is 2. The second-order valence-corrected chi connectivity index (χ2v) is 4.22. The summed E-state index contributed by atoms with van der Waals surface area (Å²) in [6.07, 6.45) is 0. The molecule has 0 fully saturated rings. The van der Waals surface area contributed by atoms with Crippen LogP contribution in [0.3, 0.4) is 0 Å². The Labute approximate surface area is 100.0 Å². The second kappa shape index (κ2) is 4.20. The molecule has 1 atom stereocenters. The Morgan fingerprint density at radius 1 is 1.41 bits per heavy atom. The molecule has 0 bridgehead atoms. The lowest BCUT2D eigenvalue weighted by molar-refractivity contribution is -0.147. The molecule has 17 heavy (non-hydrogen) atoms. The molecule has 0 saturated heterocycles. The Kier molecular flexibility index (Phi) is 2.88. The third-order valence-corrected chi connectivity index (χ3v) is 2.86. The van der Waals surface area contributed by atoms with E-state index in [1.54, 1.807) is 6.92 Å². The third-order valence-electron chi connectivity index (χ3n) is 2.86. The average Bonchev–Trinajstić information content (AvgIpc) is 2.54. The van der Waals surface area contributed by atoms with Crippen molar-refractivity contribution in [3.63, 3.8) is 0 Å². The van der Waals surface area contributed by atoms with E-state index < -0.39 is 11.9 Å². The minimum atomic E-state index is -0.814. The molecule has 0 radical (unpaired) electrons. The normalized spacial score (nSPS) is 17.6. The van der Waals surface area contributed by atoms with E-state index in [2.05, 4.69) is 5.32 Å². The van der Waals surface area contributed by atoms with Crippen LogP contribution in [0.25, 0.3) is 0 Å². The van der Waals surface area contributed by atoms with Gasteiger partial charge in [0.2, 0.25) is 5.91 Å². The van der Waals surface area contributed by atoms with Crippen LogP contribution < -0.4 is 5.32 Å². The summed E-state index contributed by atoms with van der Waals surface area (Å²) in [5.41, 5.74) is 3.48. The Morgan fingerprint density at radius 2 is 2.12 bits per heavy atom. The summed E-state index contributed by atoms with van der Waals surface area (Å²) in [4.78, 5) is 23.6. The zero-order valence-corrected chi connectivity index (χ0v) is 10.2. The van der Waals surface area contributed by atoms with Gasteiger partial charge in [0.1, 0.15) is 0 Å². The number of hydrogen-bond acceptors (Lipinski definition) is 3. The van der Waals surface area contributed by atoms with Crippen LogP contribution in [0.15, 0.2) is 12.1 Å². The molecule has 1 unspecified atom stereocenters. The third kappa shape index (κ3) is 1.90. The summed E-state index contributed by atoms with van der Waals surface area (Å²) in [6, 6.07) is 3.84. The Hall–Kier alpha value is -1.84. The maximum absolute atomic E-state index is 11.8. The van der Waals surface area contributed by atoms with Gasteiger partial charge in [-0.2, -0.15) is 0 Å². The molecule has 4 nitrogen and oxygen atoms in total. The van der Waals surface area contributed by atoms with Crippen LogP contribution in [0.2, 0.25) is 0 Å². The maximum Gasteiger partial charge on any atom is 0.323 e. The zero-order valence-electron chi connectivity index (χ0n) is 10.2. The number of carbonyl (C=O) groups is 2. The summed E-state index contributed by atoms with van der Waals surface area (Å²) < 4.78 is 4.94. The van der Waals surface area contributed by atoms with Crippen molar-refractivity contribution in [1.29, 1.82) is 0 Å². The van der Waals surface area contributed by atoms with Gasteiger partial charge in [0, 0.05) is 11.3 Å². The largest absolute Gasteiger partial charge is 0.465 e. The highest BCUT2D eigenvalue weighted by molar-refractivity contribution is 6.15. The topological polar surface area (TPSA) is 55.4 Å². The van der Waals surface area contributed by atoms with Gasteiger partial charge in [-0.15, -0.1) is 0 Å². The van der Waals surface area contributed by atoms with Gasteiger partial charge in [-0.25, -0.2) is 0 Å². The fourth-order valence-electron chi connectivity index (χ4n) is 2.25. The van der Waals surface area contributed by atoms with Gasteiger partial charge in [-0.3, -0.25) is 9.59 Å². The summed E-state index contributed by atoms with van der Waals surface area (Å²) in [7, 11) is 0. The van der Waals surface area contributed by atoms with E-state index in [1.807, 2.05) is 26.0 Å². The van der Waals surface area contributed by atoms with Crippen LogP contribution in [0.1, 0.15) is 29.5 Å². The molecule has 4 heteroatoms. The number of aryl methyl sites for hydroxylation is 2. The number of amides is 1. The number of carbonyl (C=O) groups excluding carboxylic acids is 2. The first-order chi connectivity index (χ1) is 8.04. The number of esters is 1. The van der Waals surface area contributed by atoms with E-state index in [4.69, 9.17) is 4.74 Å². The van der Waals surface area contributed by atoms with Gasteiger partial charge >= 0.3 is 5.97 Å². The molecule has 0 aliphatic carbocycles. The van der Waals surface area contributed by atoms with Gasteiger partial charge in [0.15, 0.2) is 5.92 Å². The van der Waals surface area contributed by atoms with Gasteiger partial charge in [0.05, 0.1) is 6.61 Å². The summed E-state index contributed by atoms with van der Waals surface area (Å²) in [5, 5.41) is 2.73. The molecule has 2 rings (SSSR count). The molecule has 1 aromatic carbocycles. The maximum atomic E-state index is 11.8. The lowest BCUT2D eigenvalue weighted by atomic mass is 9.95. The first-order valence-electron chi connectivity index (χ1n) is 5.63. The van der Waals surface area contributed by atoms with E-state index in [9.17, 15) is 9.59 Å². The molecule has 0 aromatic heterocycles. The lowest BCUT2D eigenvalue weighted by Gasteiger charge is -2.10. The van der Waals surface area contributed by atoms with Crippen LogP contribution >= 0.6 is 0 Å². The Bertz CT molecular complexity index is 494. The van der Waals surface area contributed by atoms with E-state index >= 15 is 0 Å². The highest BCUT2D eigenvalue weighted by atomic mass is 16.5. The Balaban J connectivity index is 2.46. The summed E-state index contributed by atoms with van der Waals surface area (Å²) >= 11 is 0. The monoisotopic (exact) mass is 233 g/mol. The minimum Gasteiger partial charge on any atom is -0.465 e. The van der Waals surface area contributed by atoms with Crippen LogP contribution in [-0.2, 0) is 14.3 Å². The molecule has 1 heterocycles. The fraction of sp³-hybridized carbons (Fsp3) is 0.385. The average molecular weight is 233 g/mol. The number of hydrogen-bond donors (Lipinski definition) is 1. The van der Waals surface area contributed by atoms with Gasteiger partial charge < -0.3 is 10.1 Å². The Morgan fingerprint density at radius 3 is 2.76 bits per heavy atom. The van der Waals surface area contributed by atoms with Crippen molar-refractivity contribution in [3.05, 3.63) is 28.8 Å². The zero-order chi connectivity index (χ0) is 12.6. The van der Waals surface area contributed by atoms with E-state index in [-0.39, 0.29) is 12.5 Å². The molecule has 90 valence electrons. The van der Waals surface area contributed by atoms with Gasteiger partial charge in [-0.1, -0.05) is 6.07 Å². The highest BCUT2D eigenvalue weighted by Gasteiger charge is 2.38. The predicted molar refractivity (Wildman–Crippen MR) is 63.9 cm³/mol. The van der Waals surface area contributed by atoms with Crippen molar-refractivity contribution in [1.82, 2.24) is 0 Å². The van der Waals surface area contributed by atoms with Crippen molar-refractivity contribution >= 4 is 17.6 Å². The van der Waals surface area contributed by atoms with Crippen molar-refractivity contribution in [3.8, 4) is 0 Å². The molecular weight excluding hydrogens is 218 g/mol. The number of anilines is 1. The van der Waals surface area contributed by atoms with Crippen LogP contribution in [0, 0.1) is 13.8 Å². The quantitative estimate of drug-likeness (QED) is 0.627. The number of fused-ring (bicyclic) bond motifs is 1. The molecule has 1 aliphatic rings.